The van der Waals surface area contributed by atoms with Crippen LogP contribution < -0.4 is 5.32 Å². The molecule has 0 aliphatic rings. The van der Waals surface area contributed by atoms with Crippen molar-refractivity contribution in [3.63, 3.8) is 0 Å². The summed E-state index contributed by atoms with van der Waals surface area (Å²) in [4.78, 5) is 11.6. The lowest BCUT2D eigenvalue weighted by atomic mass is 10.1. The lowest BCUT2D eigenvalue weighted by Crippen LogP contribution is -2.33. The third kappa shape index (κ3) is 2.47. The minimum atomic E-state index is -4.43. The molecule has 0 fully saturated rings. The largest absolute Gasteiger partial charge is 0.451 e. The summed E-state index contributed by atoms with van der Waals surface area (Å²) in [5, 5.41) is 2.50. The molecule has 0 radical (unpaired) electrons. The smallest absolute Gasteiger partial charge is 0.405 e. The lowest BCUT2D eigenvalue weighted by Gasteiger charge is -2.06. The number of halogens is 3. The highest BCUT2D eigenvalue weighted by molar-refractivity contribution is 5.98. The number of nitrogens with one attached hydrogen (secondary N) is 1. The molecule has 1 N–H and O–H groups in total. The first-order valence-electron chi connectivity index (χ1n) is 5.21. The average Bonchev–Trinajstić information content (AvgIpc) is 2.64. The molecule has 0 aliphatic heterocycles. The maximum atomic E-state index is 12.0. The normalized spacial score (nSPS) is 11.8. The van der Waals surface area contributed by atoms with Crippen molar-refractivity contribution < 1.29 is 22.4 Å². The predicted molar refractivity (Wildman–Crippen MR) is 59.3 cm³/mol. The van der Waals surface area contributed by atoms with E-state index < -0.39 is 18.6 Å². The number of rotatable bonds is 2. The topological polar surface area (TPSA) is 42.2 Å². The number of para-hydroxylation sites is 1. The summed E-state index contributed by atoms with van der Waals surface area (Å²) in [6, 6.07) is 6.89. The zero-order chi connectivity index (χ0) is 13.3. The molecule has 18 heavy (non-hydrogen) atoms. The lowest BCUT2D eigenvalue weighted by molar-refractivity contribution is -0.123. The standard InChI is InChI=1S/C12H10F3NO2/c1-7-8-4-2-3-5-9(8)18-10(7)11(17)16-6-12(13,14)15/h2-5H,6H2,1H3,(H,16,17). The number of alkyl halides is 3. The molecule has 1 heterocycles. The number of amides is 1. The van der Waals surface area contributed by atoms with Crippen molar-refractivity contribution in [3.05, 3.63) is 35.6 Å². The molecule has 0 bridgehead atoms. The van der Waals surface area contributed by atoms with Gasteiger partial charge in [-0.15, -0.1) is 0 Å². The van der Waals surface area contributed by atoms with Gasteiger partial charge in [0.15, 0.2) is 5.76 Å². The van der Waals surface area contributed by atoms with Crippen LogP contribution >= 0.6 is 0 Å². The molecule has 2 rings (SSSR count). The van der Waals surface area contributed by atoms with Crippen LogP contribution in [-0.2, 0) is 0 Å². The fourth-order valence-electron chi connectivity index (χ4n) is 1.65. The summed E-state index contributed by atoms with van der Waals surface area (Å²) in [5.74, 6) is -0.943. The summed E-state index contributed by atoms with van der Waals surface area (Å²) in [5.41, 5.74) is 1.01. The first-order valence-corrected chi connectivity index (χ1v) is 5.21. The predicted octanol–water partition coefficient (Wildman–Crippen LogP) is 3.03. The van der Waals surface area contributed by atoms with Gasteiger partial charge < -0.3 is 9.73 Å². The van der Waals surface area contributed by atoms with E-state index in [4.69, 9.17) is 4.42 Å². The minimum absolute atomic E-state index is 0.0829. The summed E-state index contributed by atoms with van der Waals surface area (Å²) in [6.07, 6.45) is -4.43. The van der Waals surface area contributed by atoms with E-state index in [0.29, 0.717) is 11.1 Å². The Balaban J connectivity index is 2.26. The minimum Gasteiger partial charge on any atom is -0.451 e. The number of fused-ring (bicyclic) bond motifs is 1. The van der Waals surface area contributed by atoms with Gasteiger partial charge in [-0.05, 0) is 13.0 Å². The molecule has 0 atom stereocenters. The summed E-state index contributed by atoms with van der Waals surface area (Å²) >= 11 is 0. The Morgan fingerprint density at radius 2 is 2.00 bits per heavy atom. The van der Waals surface area contributed by atoms with Crippen LogP contribution in [0.3, 0.4) is 0 Å². The van der Waals surface area contributed by atoms with Gasteiger partial charge in [0.05, 0.1) is 0 Å². The molecule has 2 aromatic rings. The molecule has 0 saturated heterocycles. The Labute approximate surface area is 101 Å². The van der Waals surface area contributed by atoms with Crippen LogP contribution in [0.15, 0.2) is 28.7 Å². The molecule has 0 aliphatic carbocycles. The molecule has 0 saturated carbocycles. The van der Waals surface area contributed by atoms with Crippen molar-refractivity contribution in [2.45, 2.75) is 13.1 Å². The van der Waals surface area contributed by atoms with Gasteiger partial charge in [0, 0.05) is 10.9 Å². The number of benzene rings is 1. The first-order chi connectivity index (χ1) is 8.38. The van der Waals surface area contributed by atoms with Gasteiger partial charge in [-0.2, -0.15) is 13.2 Å². The van der Waals surface area contributed by atoms with E-state index in [9.17, 15) is 18.0 Å². The van der Waals surface area contributed by atoms with E-state index in [2.05, 4.69) is 0 Å². The van der Waals surface area contributed by atoms with E-state index in [1.807, 2.05) is 0 Å². The second-order valence-electron chi connectivity index (χ2n) is 3.85. The molecule has 96 valence electrons. The summed E-state index contributed by atoms with van der Waals surface area (Å²) in [6.45, 7) is 0.261. The van der Waals surface area contributed by atoms with Gasteiger partial charge in [-0.25, -0.2) is 0 Å². The van der Waals surface area contributed by atoms with Crippen LogP contribution in [0.25, 0.3) is 11.0 Å². The second kappa shape index (κ2) is 4.36. The van der Waals surface area contributed by atoms with Crippen molar-refractivity contribution in [2.75, 3.05) is 6.54 Å². The van der Waals surface area contributed by atoms with Crippen molar-refractivity contribution in [1.82, 2.24) is 5.32 Å². The highest BCUT2D eigenvalue weighted by atomic mass is 19.4. The molecular weight excluding hydrogens is 247 g/mol. The molecule has 0 unspecified atom stereocenters. The van der Waals surface area contributed by atoms with E-state index in [-0.39, 0.29) is 5.76 Å². The Kier molecular flexibility index (Phi) is 3.02. The number of hydrogen-bond acceptors (Lipinski definition) is 2. The highest BCUT2D eigenvalue weighted by Crippen LogP contribution is 2.24. The quantitative estimate of drug-likeness (QED) is 0.898. The number of carbonyl (C=O) groups is 1. The summed E-state index contributed by atoms with van der Waals surface area (Å²) < 4.78 is 41.2. The van der Waals surface area contributed by atoms with Crippen LogP contribution in [0.4, 0.5) is 13.2 Å². The number of furan rings is 1. The number of hydrogen-bond donors (Lipinski definition) is 1. The van der Waals surface area contributed by atoms with E-state index >= 15 is 0 Å². The monoisotopic (exact) mass is 257 g/mol. The maximum Gasteiger partial charge on any atom is 0.405 e. The van der Waals surface area contributed by atoms with Gasteiger partial charge in [-0.1, -0.05) is 18.2 Å². The third-order valence-electron chi connectivity index (χ3n) is 2.50. The molecular formula is C12H10F3NO2. The van der Waals surface area contributed by atoms with E-state index in [0.717, 1.165) is 5.39 Å². The Bertz CT molecular complexity index is 587. The molecule has 6 heteroatoms. The average molecular weight is 257 g/mol. The summed E-state index contributed by atoms with van der Waals surface area (Å²) in [7, 11) is 0. The van der Waals surface area contributed by atoms with Gasteiger partial charge in [0.25, 0.3) is 5.91 Å². The van der Waals surface area contributed by atoms with Crippen LogP contribution in [0.2, 0.25) is 0 Å². The molecule has 1 aromatic carbocycles. The van der Waals surface area contributed by atoms with Gasteiger partial charge >= 0.3 is 6.18 Å². The van der Waals surface area contributed by atoms with E-state index in [1.165, 1.54) is 0 Å². The molecule has 1 amide bonds. The highest BCUT2D eigenvalue weighted by Gasteiger charge is 2.29. The van der Waals surface area contributed by atoms with Gasteiger partial charge in [0.1, 0.15) is 12.1 Å². The maximum absolute atomic E-state index is 12.0. The number of aryl methyl sites for hydroxylation is 1. The van der Waals surface area contributed by atoms with Crippen LogP contribution in [0, 0.1) is 6.92 Å². The van der Waals surface area contributed by atoms with Crippen LogP contribution in [0.5, 0.6) is 0 Å². The van der Waals surface area contributed by atoms with Crippen LogP contribution in [-0.4, -0.2) is 18.6 Å². The molecule has 3 nitrogen and oxygen atoms in total. The van der Waals surface area contributed by atoms with E-state index in [1.54, 1.807) is 36.5 Å². The zero-order valence-electron chi connectivity index (χ0n) is 9.47. The SMILES string of the molecule is Cc1c(C(=O)NCC(F)(F)F)oc2ccccc12. The number of carbonyl (C=O) groups excluding carboxylic acids is 1. The van der Waals surface area contributed by atoms with Crippen molar-refractivity contribution >= 4 is 16.9 Å². The van der Waals surface area contributed by atoms with Crippen molar-refractivity contribution in [3.8, 4) is 0 Å². The van der Waals surface area contributed by atoms with Crippen LogP contribution in [0.1, 0.15) is 16.1 Å². The Hall–Kier alpha value is -1.98. The van der Waals surface area contributed by atoms with Crippen molar-refractivity contribution in [1.29, 1.82) is 0 Å². The fraction of sp³-hybridized carbons (Fsp3) is 0.250. The second-order valence-corrected chi connectivity index (χ2v) is 3.85. The first kappa shape index (κ1) is 12.5. The molecule has 1 aromatic heterocycles. The van der Waals surface area contributed by atoms with Gasteiger partial charge in [-0.3, -0.25) is 4.79 Å². The Morgan fingerprint density at radius 3 is 2.61 bits per heavy atom. The molecule has 0 spiro atoms. The van der Waals surface area contributed by atoms with Crippen molar-refractivity contribution in [2.24, 2.45) is 0 Å². The Morgan fingerprint density at radius 1 is 1.33 bits per heavy atom. The fourth-order valence-corrected chi connectivity index (χ4v) is 1.65. The third-order valence-corrected chi connectivity index (χ3v) is 2.50. The zero-order valence-corrected chi connectivity index (χ0v) is 9.47. The van der Waals surface area contributed by atoms with Gasteiger partial charge in [0.2, 0.25) is 0 Å².